The first-order valence-electron chi connectivity index (χ1n) is 7.15. The van der Waals surface area contributed by atoms with E-state index >= 15 is 0 Å². The normalized spacial score (nSPS) is 30.4. The zero-order valence-electron chi connectivity index (χ0n) is 12.3. The van der Waals surface area contributed by atoms with E-state index in [0.29, 0.717) is 5.39 Å². The fourth-order valence-corrected chi connectivity index (χ4v) is 2.47. The summed E-state index contributed by atoms with van der Waals surface area (Å²) in [6, 6.07) is 5.17. The summed E-state index contributed by atoms with van der Waals surface area (Å²) in [6.07, 6.45) is -7.36. The van der Waals surface area contributed by atoms with Crippen molar-refractivity contribution < 1.29 is 39.4 Å². The Morgan fingerprint density at radius 1 is 1.08 bits per heavy atom. The number of phenols is 1. The molecule has 9 nitrogen and oxygen atoms in total. The third kappa shape index (κ3) is 2.95. The van der Waals surface area contributed by atoms with Gasteiger partial charge in [-0.2, -0.15) is 0 Å². The fraction of sp³-hybridized carbons (Fsp3) is 0.400. The number of hydrogen-bond donors (Lipinski definition) is 5. The van der Waals surface area contributed by atoms with E-state index in [1.807, 2.05) is 0 Å². The van der Waals surface area contributed by atoms with Crippen LogP contribution < -0.4 is 10.4 Å². The second-order valence-electron chi connectivity index (χ2n) is 5.43. The number of hydrogen-bond acceptors (Lipinski definition) is 9. The second kappa shape index (κ2) is 6.38. The van der Waals surface area contributed by atoms with Crippen molar-refractivity contribution in [2.75, 3.05) is 6.61 Å². The van der Waals surface area contributed by atoms with E-state index in [1.165, 1.54) is 24.3 Å². The van der Waals surface area contributed by atoms with Crippen LogP contribution in [0.25, 0.3) is 11.0 Å². The summed E-state index contributed by atoms with van der Waals surface area (Å²) in [7, 11) is 0. The molecule has 1 aromatic carbocycles. The Kier molecular flexibility index (Phi) is 4.43. The Bertz CT molecular complexity index is 784. The summed E-state index contributed by atoms with van der Waals surface area (Å²) in [5.74, 6) is -0.477. The molecule has 24 heavy (non-hydrogen) atoms. The monoisotopic (exact) mass is 340 g/mol. The first-order valence-corrected chi connectivity index (χ1v) is 7.15. The molecule has 3 rings (SSSR count). The molecule has 0 amide bonds. The smallest absolute Gasteiger partial charge is 0.336 e. The van der Waals surface area contributed by atoms with Crippen LogP contribution in [0.2, 0.25) is 0 Å². The van der Waals surface area contributed by atoms with Crippen LogP contribution in [-0.2, 0) is 4.74 Å². The number of benzene rings is 1. The number of rotatable bonds is 3. The lowest BCUT2D eigenvalue weighted by Gasteiger charge is -2.39. The second-order valence-corrected chi connectivity index (χ2v) is 5.43. The van der Waals surface area contributed by atoms with Gasteiger partial charge in [-0.3, -0.25) is 0 Å². The summed E-state index contributed by atoms with van der Waals surface area (Å²) in [5.41, 5.74) is -0.452. The summed E-state index contributed by atoms with van der Waals surface area (Å²) in [6.45, 7) is -0.608. The lowest BCUT2D eigenvalue weighted by atomic mass is 9.99. The van der Waals surface area contributed by atoms with Crippen LogP contribution in [0.4, 0.5) is 0 Å². The topological polar surface area (TPSA) is 150 Å². The number of ether oxygens (including phenoxy) is 2. The van der Waals surface area contributed by atoms with Gasteiger partial charge in [0.25, 0.3) is 0 Å². The molecule has 2 heterocycles. The molecule has 1 aromatic heterocycles. The maximum Gasteiger partial charge on any atom is 0.336 e. The highest BCUT2D eigenvalue weighted by Gasteiger charge is 2.44. The lowest BCUT2D eigenvalue weighted by Crippen LogP contribution is -2.60. The van der Waals surface area contributed by atoms with E-state index in [1.54, 1.807) is 0 Å². The molecule has 0 saturated carbocycles. The summed E-state index contributed by atoms with van der Waals surface area (Å²) < 4.78 is 15.5. The standard InChI is InChI=1S/C15H16O9/c16-5-10-12(19)13(20)14(21)15(24-10)23-9-4-8-6(3-7(9)17)1-2-11(18)22-8/h1-4,10,12-17,19-21H,5H2/t10-,12-,13-,14-,15-/m1/s1. The predicted molar refractivity (Wildman–Crippen MR) is 78.5 cm³/mol. The molecule has 1 aliphatic heterocycles. The Morgan fingerprint density at radius 3 is 2.54 bits per heavy atom. The van der Waals surface area contributed by atoms with Gasteiger partial charge in [-0.15, -0.1) is 0 Å². The van der Waals surface area contributed by atoms with Crippen LogP contribution in [0.1, 0.15) is 0 Å². The number of aliphatic hydroxyl groups excluding tert-OH is 4. The van der Waals surface area contributed by atoms with Gasteiger partial charge in [0.15, 0.2) is 11.5 Å². The van der Waals surface area contributed by atoms with Gasteiger partial charge in [0.2, 0.25) is 6.29 Å². The molecule has 0 aliphatic carbocycles. The molecule has 0 unspecified atom stereocenters. The van der Waals surface area contributed by atoms with Gasteiger partial charge >= 0.3 is 5.63 Å². The van der Waals surface area contributed by atoms with Crippen molar-refractivity contribution in [1.29, 1.82) is 0 Å². The summed E-state index contributed by atoms with van der Waals surface area (Å²) in [4.78, 5) is 11.3. The van der Waals surface area contributed by atoms with Crippen LogP contribution in [0.5, 0.6) is 11.5 Å². The van der Waals surface area contributed by atoms with Gasteiger partial charge in [0.05, 0.1) is 6.61 Å². The molecule has 5 atom stereocenters. The molecule has 0 radical (unpaired) electrons. The van der Waals surface area contributed by atoms with Crippen molar-refractivity contribution in [2.24, 2.45) is 0 Å². The van der Waals surface area contributed by atoms with Crippen molar-refractivity contribution in [1.82, 2.24) is 0 Å². The highest BCUT2D eigenvalue weighted by molar-refractivity contribution is 5.80. The van der Waals surface area contributed by atoms with Crippen molar-refractivity contribution in [3.05, 3.63) is 34.7 Å². The van der Waals surface area contributed by atoms with Gasteiger partial charge in [0.1, 0.15) is 30.0 Å². The highest BCUT2D eigenvalue weighted by Crippen LogP contribution is 2.33. The molecular formula is C15H16O9. The molecule has 130 valence electrons. The van der Waals surface area contributed by atoms with E-state index < -0.39 is 42.9 Å². The first kappa shape index (κ1) is 16.7. The van der Waals surface area contributed by atoms with E-state index in [2.05, 4.69) is 0 Å². The van der Waals surface area contributed by atoms with Crippen molar-refractivity contribution in [3.8, 4) is 11.5 Å². The Labute approximate surface area is 134 Å². The lowest BCUT2D eigenvalue weighted by molar-refractivity contribution is -0.277. The maximum atomic E-state index is 11.3. The summed E-state index contributed by atoms with van der Waals surface area (Å²) >= 11 is 0. The fourth-order valence-electron chi connectivity index (χ4n) is 2.47. The molecule has 2 aromatic rings. The minimum Gasteiger partial charge on any atom is -0.504 e. The molecule has 1 aliphatic rings. The molecule has 1 saturated heterocycles. The maximum absolute atomic E-state index is 11.3. The SMILES string of the molecule is O=c1ccc2cc(O)c(O[C@@H]3O[C@H](CO)[C@@H](O)[C@@H](O)[C@H]3O)cc2o1. The third-order valence-corrected chi connectivity index (χ3v) is 3.79. The van der Waals surface area contributed by atoms with Crippen molar-refractivity contribution in [3.63, 3.8) is 0 Å². The average molecular weight is 340 g/mol. The zero-order valence-corrected chi connectivity index (χ0v) is 12.3. The molecule has 1 fully saturated rings. The zero-order chi connectivity index (χ0) is 17.4. The number of phenolic OH excluding ortho intramolecular Hbond substituents is 1. The third-order valence-electron chi connectivity index (χ3n) is 3.79. The van der Waals surface area contributed by atoms with Crippen molar-refractivity contribution >= 4 is 11.0 Å². The van der Waals surface area contributed by atoms with E-state index in [9.17, 15) is 25.2 Å². The highest BCUT2D eigenvalue weighted by atomic mass is 16.7. The van der Waals surface area contributed by atoms with Crippen LogP contribution in [0, 0.1) is 0 Å². The molecule has 0 spiro atoms. The number of aliphatic hydroxyl groups is 4. The van der Waals surface area contributed by atoms with E-state index in [0.717, 1.165) is 0 Å². The van der Waals surface area contributed by atoms with Gasteiger partial charge < -0.3 is 39.4 Å². The Balaban J connectivity index is 1.90. The van der Waals surface area contributed by atoms with Crippen molar-refractivity contribution in [2.45, 2.75) is 30.7 Å². The molecular weight excluding hydrogens is 324 g/mol. The Morgan fingerprint density at radius 2 is 1.83 bits per heavy atom. The van der Waals surface area contributed by atoms with Crippen LogP contribution in [0.15, 0.2) is 33.5 Å². The first-order chi connectivity index (χ1) is 11.4. The van der Waals surface area contributed by atoms with Gasteiger partial charge in [-0.05, 0) is 12.1 Å². The average Bonchev–Trinajstić information content (AvgIpc) is 2.56. The van der Waals surface area contributed by atoms with Crippen LogP contribution in [-0.4, -0.2) is 62.8 Å². The number of fused-ring (bicyclic) bond motifs is 1. The van der Waals surface area contributed by atoms with Gasteiger partial charge in [-0.1, -0.05) is 0 Å². The van der Waals surface area contributed by atoms with Crippen LogP contribution >= 0.6 is 0 Å². The molecule has 0 bridgehead atoms. The minimum atomic E-state index is -1.62. The molecule has 9 heteroatoms. The molecule has 5 N–H and O–H groups in total. The minimum absolute atomic E-state index is 0.139. The van der Waals surface area contributed by atoms with Gasteiger partial charge in [0, 0.05) is 17.5 Å². The van der Waals surface area contributed by atoms with E-state index in [4.69, 9.17) is 19.0 Å². The summed E-state index contributed by atoms with van der Waals surface area (Å²) in [5, 5.41) is 49.0. The largest absolute Gasteiger partial charge is 0.504 e. The predicted octanol–water partition coefficient (Wildman–Crippen LogP) is -1.32. The number of aromatic hydroxyl groups is 1. The quantitative estimate of drug-likeness (QED) is 0.429. The van der Waals surface area contributed by atoms with Gasteiger partial charge in [-0.25, -0.2) is 4.79 Å². The van der Waals surface area contributed by atoms with E-state index in [-0.39, 0.29) is 17.1 Å². The Hall–Kier alpha value is -2.17. The van der Waals surface area contributed by atoms with Crippen LogP contribution in [0.3, 0.4) is 0 Å².